The van der Waals surface area contributed by atoms with E-state index in [1.165, 1.54) is 11.8 Å². The van der Waals surface area contributed by atoms with E-state index in [2.05, 4.69) is 0 Å². The first-order chi connectivity index (χ1) is 6.58. The Morgan fingerprint density at radius 1 is 1.50 bits per heavy atom. The van der Waals surface area contributed by atoms with Crippen molar-refractivity contribution in [1.29, 1.82) is 0 Å². The predicted octanol–water partition coefficient (Wildman–Crippen LogP) is 2.19. The van der Waals surface area contributed by atoms with Crippen molar-refractivity contribution in [3.63, 3.8) is 0 Å². The van der Waals surface area contributed by atoms with Crippen molar-refractivity contribution in [2.45, 2.75) is 16.7 Å². The molecule has 0 saturated heterocycles. The maximum atomic E-state index is 10.3. The molecule has 0 heterocycles. The molecule has 5 heteroatoms. The lowest BCUT2D eigenvalue weighted by Gasteiger charge is -2.07. The number of thioether (sulfide) groups is 1. The lowest BCUT2D eigenvalue weighted by molar-refractivity contribution is -0.136. The molecule has 1 aromatic carbocycles. The molecule has 0 saturated carbocycles. The fourth-order valence-corrected chi connectivity index (χ4v) is 1.90. The van der Waals surface area contributed by atoms with Gasteiger partial charge >= 0.3 is 5.97 Å². The molecular weight excluding hydrogens is 222 g/mol. The summed E-state index contributed by atoms with van der Waals surface area (Å²) in [7, 11) is 0. The molecule has 1 aromatic rings. The molecule has 0 bridgehead atoms. The third-order valence-electron chi connectivity index (χ3n) is 1.48. The van der Waals surface area contributed by atoms with Crippen molar-refractivity contribution in [2.24, 2.45) is 5.73 Å². The minimum absolute atomic E-state index is 0.0483. The van der Waals surface area contributed by atoms with Crippen molar-refractivity contribution in [2.75, 3.05) is 0 Å². The Morgan fingerprint density at radius 3 is 2.57 bits per heavy atom. The highest BCUT2D eigenvalue weighted by Gasteiger charge is 2.09. The summed E-state index contributed by atoms with van der Waals surface area (Å²) < 4.78 is 0. The number of benzene rings is 1. The summed E-state index contributed by atoms with van der Waals surface area (Å²) >= 11 is 7.02. The van der Waals surface area contributed by atoms with Crippen molar-refractivity contribution in [3.8, 4) is 0 Å². The molecule has 3 N–H and O–H groups in total. The Balaban J connectivity index is 2.51. The van der Waals surface area contributed by atoms with E-state index in [1.807, 2.05) is 12.1 Å². The van der Waals surface area contributed by atoms with E-state index in [-0.39, 0.29) is 6.42 Å². The second kappa shape index (κ2) is 5.24. The van der Waals surface area contributed by atoms with Crippen LogP contribution in [0.2, 0.25) is 5.02 Å². The van der Waals surface area contributed by atoms with Gasteiger partial charge in [-0.3, -0.25) is 4.79 Å². The highest BCUT2D eigenvalue weighted by Crippen LogP contribution is 2.23. The van der Waals surface area contributed by atoms with Crippen molar-refractivity contribution >= 4 is 29.3 Å². The Bertz CT molecular complexity index is 315. The van der Waals surface area contributed by atoms with Crippen LogP contribution in [0.25, 0.3) is 0 Å². The van der Waals surface area contributed by atoms with E-state index in [4.69, 9.17) is 22.4 Å². The minimum atomic E-state index is -0.890. The van der Waals surface area contributed by atoms with Gasteiger partial charge in [0, 0.05) is 9.92 Å². The molecule has 0 aliphatic heterocycles. The summed E-state index contributed by atoms with van der Waals surface area (Å²) in [5.41, 5.74) is 5.59. The maximum absolute atomic E-state index is 10.3. The average Bonchev–Trinajstić information content (AvgIpc) is 2.07. The zero-order valence-electron chi connectivity index (χ0n) is 7.31. The van der Waals surface area contributed by atoms with E-state index >= 15 is 0 Å². The standard InChI is InChI=1S/C9H10ClNO2S/c10-6-1-3-7(4-2-6)14-8(11)5-9(12)13/h1-4,8H,5,11H2,(H,12,13). The first kappa shape index (κ1) is 11.4. The van der Waals surface area contributed by atoms with Crippen LogP contribution in [0.3, 0.4) is 0 Å². The Morgan fingerprint density at radius 2 is 2.07 bits per heavy atom. The molecule has 3 nitrogen and oxygen atoms in total. The quantitative estimate of drug-likeness (QED) is 0.616. The van der Waals surface area contributed by atoms with Gasteiger partial charge in [-0.15, -0.1) is 11.8 Å². The first-order valence-electron chi connectivity index (χ1n) is 3.97. The highest BCUT2D eigenvalue weighted by atomic mass is 35.5. The zero-order chi connectivity index (χ0) is 10.6. The van der Waals surface area contributed by atoms with Crippen molar-refractivity contribution < 1.29 is 9.90 Å². The zero-order valence-corrected chi connectivity index (χ0v) is 8.89. The summed E-state index contributed by atoms with van der Waals surface area (Å²) in [5.74, 6) is -0.890. The van der Waals surface area contributed by atoms with Gasteiger partial charge < -0.3 is 10.8 Å². The second-order valence-corrected chi connectivity index (χ2v) is 4.46. The number of rotatable bonds is 4. The van der Waals surface area contributed by atoms with Crippen LogP contribution in [0.5, 0.6) is 0 Å². The molecule has 1 rings (SSSR count). The molecule has 14 heavy (non-hydrogen) atoms. The summed E-state index contributed by atoms with van der Waals surface area (Å²) in [5, 5.41) is 8.72. The number of carboxylic acids is 1. The Kier molecular flexibility index (Phi) is 4.25. The second-order valence-electron chi connectivity index (χ2n) is 2.71. The number of carboxylic acid groups (broad SMARTS) is 1. The lowest BCUT2D eigenvalue weighted by atomic mass is 10.4. The SMILES string of the molecule is NC(CC(=O)O)Sc1ccc(Cl)cc1. The van der Waals surface area contributed by atoms with Gasteiger partial charge in [0.05, 0.1) is 11.8 Å². The number of halogens is 1. The molecule has 1 atom stereocenters. The van der Waals surface area contributed by atoms with Gasteiger partial charge in [-0.2, -0.15) is 0 Å². The average molecular weight is 232 g/mol. The number of hydrogen-bond donors (Lipinski definition) is 2. The summed E-state index contributed by atoms with van der Waals surface area (Å²) in [4.78, 5) is 11.3. The molecule has 0 fully saturated rings. The smallest absolute Gasteiger partial charge is 0.305 e. The maximum Gasteiger partial charge on any atom is 0.305 e. The minimum Gasteiger partial charge on any atom is -0.481 e. The van der Waals surface area contributed by atoms with Crippen molar-refractivity contribution in [1.82, 2.24) is 0 Å². The summed E-state index contributed by atoms with van der Waals surface area (Å²) in [6.07, 6.45) is -0.0483. The van der Waals surface area contributed by atoms with Gasteiger partial charge in [0.25, 0.3) is 0 Å². The van der Waals surface area contributed by atoms with Crippen LogP contribution in [-0.4, -0.2) is 16.4 Å². The highest BCUT2D eigenvalue weighted by molar-refractivity contribution is 7.99. The topological polar surface area (TPSA) is 63.3 Å². The van der Waals surface area contributed by atoms with Gasteiger partial charge in [-0.25, -0.2) is 0 Å². The number of hydrogen-bond acceptors (Lipinski definition) is 3. The Labute approximate surface area is 91.2 Å². The number of carbonyl (C=O) groups is 1. The van der Waals surface area contributed by atoms with Crippen LogP contribution < -0.4 is 5.73 Å². The van der Waals surface area contributed by atoms with Gasteiger partial charge in [0.1, 0.15) is 0 Å². The van der Waals surface area contributed by atoms with E-state index in [1.54, 1.807) is 12.1 Å². The van der Waals surface area contributed by atoms with Crippen LogP contribution in [0.1, 0.15) is 6.42 Å². The van der Waals surface area contributed by atoms with E-state index < -0.39 is 11.3 Å². The molecule has 0 spiro atoms. The molecular formula is C9H10ClNO2S. The fourth-order valence-electron chi connectivity index (χ4n) is 0.902. The van der Waals surface area contributed by atoms with E-state index in [0.717, 1.165) is 4.90 Å². The number of nitrogens with two attached hydrogens (primary N) is 1. The summed E-state index contributed by atoms with van der Waals surface area (Å²) in [6, 6.07) is 7.12. The molecule has 1 unspecified atom stereocenters. The van der Waals surface area contributed by atoms with E-state index in [0.29, 0.717) is 5.02 Å². The van der Waals surface area contributed by atoms with Gasteiger partial charge in [-0.1, -0.05) is 11.6 Å². The molecule has 0 aliphatic carbocycles. The predicted molar refractivity (Wildman–Crippen MR) is 57.5 cm³/mol. The van der Waals surface area contributed by atoms with Crippen molar-refractivity contribution in [3.05, 3.63) is 29.3 Å². The molecule has 0 aromatic heterocycles. The Hall–Kier alpha value is -0.710. The largest absolute Gasteiger partial charge is 0.481 e. The van der Waals surface area contributed by atoms with E-state index in [9.17, 15) is 4.79 Å². The third-order valence-corrected chi connectivity index (χ3v) is 2.74. The fraction of sp³-hybridized carbons (Fsp3) is 0.222. The molecule has 0 amide bonds. The monoisotopic (exact) mass is 231 g/mol. The normalized spacial score (nSPS) is 12.4. The molecule has 0 radical (unpaired) electrons. The van der Waals surface area contributed by atoms with Crippen LogP contribution in [0.4, 0.5) is 0 Å². The molecule has 76 valence electrons. The summed E-state index contributed by atoms with van der Waals surface area (Å²) in [6.45, 7) is 0. The van der Waals surface area contributed by atoms with Crippen LogP contribution >= 0.6 is 23.4 Å². The van der Waals surface area contributed by atoms with Crippen LogP contribution in [-0.2, 0) is 4.79 Å². The molecule has 0 aliphatic rings. The van der Waals surface area contributed by atoms with Crippen LogP contribution in [0, 0.1) is 0 Å². The lowest BCUT2D eigenvalue weighted by Crippen LogP contribution is -2.19. The van der Waals surface area contributed by atoms with Gasteiger partial charge in [0.15, 0.2) is 0 Å². The van der Waals surface area contributed by atoms with Crippen LogP contribution in [0.15, 0.2) is 29.2 Å². The van der Waals surface area contributed by atoms with Gasteiger partial charge in [0.2, 0.25) is 0 Å². The van der Waals surface area contributed by atoms with Gasteiger partial charge in [-0.05, 0) is 24.3 Å². The third kappa shape index (κ3) is 4.00. The first-order valence-corrected chi connectivity index (χ1v) is 5.23. The number of aliphatic carboxylic acids is 1.